The number of methoxy groups -OCH3 is 1. The SMILES string of the molecule is CCOC(=O)CCc1cc(=O)oc2c(I)c(O[C@@H]3C=CC(=O)O3)cc(OC)c12. The second-order valence-electron chi connectivity index (χ2n) is 5.77. The molecule has 0 saturated heterocycles. The number of carbonyl (C=O) groups excluding carboxylic acids is 2. The van der Waals surface area contributed by atoms with Crippen LogP contribution < -0.4 is 15.1 Å². The predicted molar refractivity (Wildman–Crippen MR) is 106 cm³/mol. The number of aryl methyl sites for hydroxylation is 1. The molecule has 0 aliphatic carbocycles. The molecule has 0 spiro atoms. The number of hydrogen-bond donors (Lipinski definition) is 0. The van der Waals surface area contributed by atoms with Crippen LogP contribution in [0.2, 0.25) is 0 Å². The number of esters is 2. The Balaban J connectivity index is 2.03. The molecule has 0 amide bonds. The summed E-state index contributed by atoms with van der Waals surface area (Å²) < 4.78 is 27.0. The van der Waals surface area contributed by atoms with Crippen molar-refractivity contribution in [2.24, 2.45) is 0 Å². The molecule has 0 radical (unpaired) electrons. The molecule has 1 aromatic heterocycles. The predicted octanol–water partition coefficient (Wildman–Crippen LogP) is 2.72. The number of ether oxygens (including phenoxy) is 4. The highest BCUT2D eigenvalue weighted by atomic mass is 127. The molecular weight excluding hydrogens is 483 g/mol. The molecule has 0 N–H and O–H groups in total. The molecule has 0 unspecified atom stereocenters. The quantitative estimate of drug-likeness (QED) is 0.325. The Morgan fingerprint density at radius 2 is 2.04 bits per heavy atom. The van der Waals surface area contributed by atoms with Gasteiger partial charge >= 0.3 is 17.6 Å². The Hall–Kier alpha value is -2.56. The fraction of sp³-hybridized carbons (Fsp3) is 0.316. The lowest BCUT2D eigenvalue weighted by atomic mass is 10.0. The molecule has 1 aliphatic heterocycles. The maximum absolute atomic E-state index is 12.1. The van der Waals surface area contributed by atoms with Gasteiger partial charge in [0, 0.05) is 30.7 Å². The van der Waals surface area contributed by atoms with E-state index in [9.17, 15) is 14.4 Å². The van der Waals surface area contributed by atoms with Crippen molar-refractivity contribution in [3.63, 3.8) is 0 Å². The molecule has 0 fully saturated rings. The van der Waals surface area contributed by atoms with E-state index in [2.05, 4.69) is 0 Å². The van der Waals surface area contributed by atoms with Gasteiger partial charge in [0.25, 0.3) is 6.29 Å². The highest BCUT2D eigenvalue weighted by Gasteiger charge is 2.23. The van der Waals surface area contributed by atoms with Crippen molar-refractivity contribution in [1.82, 2.24) is 0 Å². The summed E-state index contributed by atoms with van der Waals surface area (Å²) in [4.78, 5) is 35.0. The molecule has 3 rings (SSSR count). The summed E-state index contributed by atoms with van der Waals surface area (Å²) in [5.74, 6) is -0.116. The van der Waals surface area contributed by atoms with Crippen molar-refractivity contribution in [2.75, 3.05) is 13.7 Å². The fourth-order valence-corrected chi connectivity index (χ4v) is 3.45. The van der Waals surface area contributed by atoms with Gasteiger partial charge in [-0.3, -0.25) is 4.79 Å². The molecule has 0 saturated carbocycles. The molecule has 2 heterocycles. The monoisotopic (exact) mass is 500 g/mol. The van der Waals surface area contributed by atoms with E-state index in [-0.39, 0.29) is 24.4 Å². The zero-order chi connectivity index (χ0) is 20.3. The summed E-state index contributed by atoms with van der Waals surface area (Å²) in [6.45, 7) is 2.02. The van der Waals surface area contributed by atoms with Crippen LogP contribution in [0.5, 0.6) is 11.5 Å². The van der Waals surface area contributed by atoms with Crippen LogP contribution in [-0.4, -0.2) is 31.9 Å². The highest BCUT2D eigenvalue weighted by molar-refractivity contribution is 14.1. The van der Waals surface area contributed by atoms with E-state index in [4.69, 9.17) is 23.4 Å². The van der Waals surface area contributed by atoms with Crippen LogP contribution in [0.1, 0.15) is 18.9 Å². The average molecular weight is 500 g/mol. The van der Waals surface area contributed by atoms with Crippen molar-refractivity contribution in [3.05, 3.63) is 43.8 Å². The minimum atomic E-state index is -0.873. The first-order valence-corrected chi connectivity index (χ1v) is 9.55. The van der Waals surface area contributed by atoms with Crippen molar-refractivity contribution < 1.29 is 33.0 Å². The molecule has 9 heteroatoms. The maximum atomic E-state index is 12.1. The largest absolute Gasteiger partial charge is 0.496 e. The number of hydrogen-bond acceptors (Lipinski definition) is 8. The van der Waals surface area contributed by atoms with Gasteiger partial charge in [-0.1, -0.05) is 0 Å². The number of fused-ring (bicyclic) bond motifs is 1. The Morgan fingerprint density at radius 3 is 2.68 bits per heavy atom. The standard InChI is InChI=1S/C19H17IO8/c1-3-25-13(21)5-4-10-8-15(23)28-19-17(10)11(24-2)9-12(18(19)20)26-16-7-6-14(22)27-16/h6-9,16H,3-5H2,1-2H3/t16-/m0/s1. The zero-order valence-electron chi connectivity index (χ0n) is 15.2. The number of benzene rings is 1. The van der Waals surface area contributed by atoms with Crippen LogP contribution in [-0.2, 0) is 25.5 Å². The lowest BCUT2D eigenvalue weighted by Crippen LogP contribution is -2.16. The second-order valence-corrected chi connectivity index (χ2v) is 6.85. The van der Waals surface area contributed by atoms with Crippen molar-refractivity contribution in [2.45, 2.75) is 26.1 Å². The minimum Gasteiger partial charge on any atom is -0.496 e. The molecule has 2 aromatic rings. The van der Waals surface area contributed by atoms with E-state index in [1.807, 2.05) is 22.6 Å². The lowest BCUT2D eigenvalue weighted by molar-refractivity contribution is -0.148. The summed E-state index contributed by atoms with van der Waals surface area (Å²) in [6.07, 6.45) is 2.27. The van der Waals surface area contributed by atoms with Crippen LogP contribution in [0.25, 0.3) is 11.0 Å². The van der Waals surface area contributed by atoms with Gasteiger partial charge in [-0.05, 0) is 41.5 Å². The molecule has 0 bridgehead atoms. The van der Waals surface area contributed by atoms with Gasteiger partial charge in [0.2, 0.25) is 0 Å². The highest BCUT2D eigenvalue weighted by Crippen LogP contribution is 2.39. The van der Waals surface area contributed by atoms with Gasteiger partial charge in [-0.15, -0.1) is 0 Å². The van der Waals surface area contributed by atoms with Crippen molar-refractivity contribution >= 4 is 45.5 Å². The topological polar surface area (TPSA) is 101 Å². The molecular formula is C19H17IO8. The van der Waals surface area contributed by atoms with E-state index in [0.29, 0.717) is 32.6 Å². The van der Waals surface area contributed by atoms with E-state index in [1.54, 1.807) is 13.0 Å². The lowest BCUT2D eigenvalue weighted by Gasteiger charge is -2.17. The number of rotatable bonds is 7. The second kappa shape index (κ2) is 8.63. The van der Waals surface area contributed by atoms with Gasteiger partial charge in [0.1, 0.15) is 11.5 Å². The summed E-state index contributed by atoms with van der Waals surface area (Å²) in [6, 6.07) is 2.96. The first-order valence-electron chi connectivity index (χ1n) is 8.47. The normalized spacial score (nSPS) is 15.5. The van der Waals surface area contributed by atoms with Gasteiger partial charge in [0.05, 0.1) is 22.7 Å². The third-order valence-corrected chi connectivity index (χ3v) is 4.98. The molecule has 1 atom stereocenters. The van der Waals surface area contributed by atoms with Gasteiger partial charge < -0.3 is 23.4 Å². The smallest absolute Gasteiger partial charge is 0.336 e. The third-order valence-electron chi connectivity index (χ3n) is 3.96. The molecule has 148 valence electrons. The first-order chi connectivity index (χ1) is 13.4. The summed E-state index contributed by atoms with van der Waals surface area (Å²) >= 11 is 1.98. The van der Waals surface area contributed by atoms with Crippen LogP contribution in [0.15, 0.2) is 33.5 Å². The van der Waals surface area contributed by atoms with Crippen molar-refractivity contribution in [3.8, 4) is 11.5 Å². The van der Waals surface area contributed by atoms with Crippen LogP contribution >= 0.6 is 22.6 Å². The van der Waals surface area contributed by atoms with E-state index in [1.165, 1.54) is 25.3 Å². The number of halogens is 1. The summed E-state index contributed by atoms with van der Waals surface area (Å²) in [5, 5.41) is 0.571. The summed E-state index contributed by atoms with van der Waals surface area (Å²) in [7, 11) is 1.47. The van der Waals surface area contributed by atoms with E-state index < -0.39 is 17.9 Å². The van der Waals surface area contributed by atoms with Gasteiger partial charge in [-0.25, -0.2) is 9.59 Å². The van der Waals surface area contributed by atoms with Crippen LogP contribution in [0.3, 0.4) is 0 Å². The van der Waals surface area contributed by atoms with Crippen LogP contribution in [0, 0.1) is 3.57 Å². The van der Waals surface area contributed by atoms with Crippen molar-refractivity contribution in [1.29, 1.82) is 0 Å². The molecule has 28 heavy (non-hydrogen) atoms. The number of cyclic esters (lactones) is 1. The number of carbonyl (C=O) groups is 2. The minimum absolute atomic E-state index is 0.118. The Bertz CT molecular complexity index is 1010. The summed E-state index contributed by atoms with van der Waals surface area (Å²) in [5.41, 5.74) is 0.318. The van der Waals surface area contributed by atoms with Gasteiger partial charge in [-0.2, -0.15) is 0 Å². The third kappa shape index (κ3) is 4.29. The Morgan fingerprint density at radius 1 is 1.25 bits per heavy atom. The Kier molecular flexibility index (Phi) is 6.22. The first kappa shape index (κ1) is 20.2. The molecule has 8 nitrogen and oxygen atoms in total. The molecule has 1 aromatic carbocycles. The Labute approximate surface area is 173 Å². The van der Waals surface area contributed by atoms with Crippen LogP contribution in [0.4, 0.5) is 0 Å². The zero-order valence-corrected chi connectivity index (χ0v) is 17.3. The van der Waals surface area contributed by atoms with E-state index in [0.717, 1.165) is 0 Å². The maximum Gasteiger partial charge on any atom is 0.336 e. The average Bonchev–Trinajstić information content (AvgIpc) is 3.07. The molecule has 1 aliphatic rings. The fourth-order valence-electron chi connectivity index (χ4n) is 2.78. The van der Waals surface area contributed by atoms with Gasteiger partial charge in [0.15, 0.2) is 5.58 Å². The van der Waals surface area contributed by atoms with E-state index >= 15 is 0 Å².